The summed E-state index contributed by atoms with van der Waals surface area (Å²) in [6.07, 6.45) is -0.826. The molecule has 0 aliphatic rings. The van der Waals surface area contributed by atoms with Crippen molar-refractivity contribution < 1.29 is 9.53 Å². The molecule has 1 atom stereocenters. The smallest absolute Gasteiger partial charge is 0.192 e. The van der Waals surface area contributed by atoms with Gasteiger partial charge >= 0.3 is 0 Å². The van der Waals surface area contributed by atoms with Crippen LogP contribution < -0.4 is 0 Å². The van der Waals surface area contributed by atoms with Crippen LogP contribution in [-0.4, -0.2) is 33.4 Å². The number of aromatic nitrogens is 4. The lowest BCUT2D eigenvalue weighted by Gasteiger charge is -2.36. The Hall–Kier alpha value is -2.09. The third-order valence-electron chi connectivity index (χ3n) is 6.46. The number of rotatable bonds is 6. The molecule has 0 saturated carbocycles. The summed E-state index contributed by atoms with van der Waals surface area (Å²) in [5.74, 6) is 0. The Morgan fingerprint density at radius 3 is 2.47 bits per heavy atom. The summed E-state index contributed by atoms with van der Waals surface area (Å²) in [7, 11) is -1.88. The molecule has 0 spiro atoms. The van der Waals surface area contributed by atoms with Crippen LogP contribution in [0.4, 0.5) is 0 Å². The van der Waals surface area contributed by atoms with Crippen LogP contribution in [0.15, 0.2) is 24.3 Å². The minimum Gasteiger partial charge on any atom is -0.411 e. The minimum absolute atomic E-state index is 0.139. The number of aliphatic hydroxyl groups excluding tert-OH is 1. The van der Waals surface area contributed by atoms with Crippen LogP contribution >= 0.6 is 0 Å². The van der Waals surface area contributed by atoms with Gasteiger partial charge in [0.25, 0.3) is 0 Å². The van der Waals surface area contributed by atoms with Gasteiger partial charge in [-0.25, -0.2) is 4.68 Å². The first-order valence-corrected chi connectivity index (χ1v) is 13.5. The van der Waals surface area contributed by atoms with Gasteiger partial charge in [0.1, 0.15) is 11.6 Å². The summed E-state index contributed by atoms with van der Waals surface area (Å²) < 4.78 is 8.23. The van der Waals surface area contributed by atoms with E-state index in [0.29, 0.717) is 12.3 Å². The first-order valence-electron chi connectivity index (χ1n) is 10.6. The largest absolute Gasteiger partial charge is 0.411 e. The van der Waals surface area contributed by atoms with E-state index in [1.807, 2.05) is 49.7 Å². The second-order valence-electron chi connectivity index (χ2n) is 9.50. The molecule has 1 unspecified atom stereocenters. The molecule has 2 aromatic heterocycles. The molecule has 0 aliphatic carbocycles. The minimum atomic E-state index is -1.88. The van der Waals surface area contributed by atoms with Crippen molar-refractivity contribution in [1.29, 1.82) is 0 Å². The molecular formula is C23H34N4O2Si. The highest BCUT2D eigenvalue weighted by Gasteiger charge is 2.37. The Morgan fingerprint density at radius 2 is 1.83 bits per heavy atom. The first kappa shape index (κ1) is 22.6. The zero-order valence-corrected chi connectivity index (χ0v) is 20.4. The molecule has 0 fully saturated rings. The zero-order chi connectivity index (χ0) is 22.3. The molecule has 0 aliphatic heterocycles. The molecule has 0 bridgehead atoms. The lowest BCUT2D eigenvalue weighted by molar-refractivity contribution is 0.213. The van der Waals surface area contributed by atoms with E-state index in [2.05, 4.69) is 44.2 Å². The van der Waals surface area contributed by atoms with E-state index in [1.54, 1.807) is 0 Å². The number of aliphatic hydroxyl groups is 1. The maximum Gasteiger partial charge on any atom is 0.192 e. The fraction of sp³-hybridized carbons (Fsp3) is 0.522. The lowest BCUT2D eigenvalue weighted by atomic mass is 9.99. The predicted molar refractivity (Wildman–Crippen MR) is 123 cm³/mol. The number of benzene rings is 1. The number of hydrogen-bond donors (Lipinski definition) is 1. The summed E-state index contributed by atoms with van der Waals surface area (Å²) in [6.45, 7) is 18.4. The molecular weight excluding hydrogens is 392 g/mol. The average Bonchev–Trinajstić information content (AvgIpc) is 3.10. The van der Waals surface area contributed by atoms with Crippen LogP contribution in [0.25, 0.3) is 11.0 Å². The fourth-order valence-corrected chi connectivity index (χ4v) is 4.15. The molecule has 1 aromatic carbocycles. The van der Waals surface area contributed by atoms with Gasteiger partial charge in [-0.3, -0.25) is 4.98 Å². The molecule has 1 N–H and O–H groups in total. The van der Waals surface area contributed by atoms with Crippen molar-refractivity contribution in [3.63, 3.8) is 0 Å². The Morgan fingerprint density at radius 1 is 1.13 bits per heavy atom. The van der Waals surface area contributed by atoms with Gasteiger partial charge in [-0.2, -0.15) is 0 Å². The third kappa shape index (κ3) is 4.19. The highest BCUT2D eigenvalue weighted by molar-refractivity contribution is 6.74. The summed E-state index contributed by atoms with van der Waals surface area (Å²) in [5, 5.41) is 19.8. The van der Waals surface area contributed by atoms with E-state index in [-0.39, 0.29) is 5.04 Å². The topological polar surface area (TPSA) is 73.1 Å². The molecule has 7 heteroatoms. The van der Waals surface area contributed by atoms with Gasteiger partial charge in [0, 0.05) is 6.54 Å². The summed E-state index contributed by atoms with van der Waals surface area (Å²) in [6, 6.07) is 7.82. The highest BCUT2D eigenvalue weighted by atomic mass is 28.4. The maximum atomic E-state index is 11.1. The van der Waals surface area contributed by atoms with Crippen LogP contribution in [0.1, 0.15) is 61.9 Å². The van der Waals surface area contributed by atoms with Gasteiger partial charge in [-0.15, -0.1) is 5.10 Å². The number of aryl methyl sites for hydroxylation is 3. The fourth-order valence-electron chi connectivity index (χ4n) is 3.22. The van der Waals surface area contributed by atoms with Crippen LogP contribution in [0.2, 0.25) is 18.1 Å². The lowest BCUT2D eigenvalue weighted by Crippen LogP contribution is -2.40. The Kier molecular flexibility index (Phi) is 6.18. The quantitative estimate of drug-likeness (QED) is 0.557. The number of nitrogens with zero attached hydrogens (tertiary/aromatic N) is 4. The normalized spacial score (nSPS) is 13.8. The van der Waals surface area contributed by atoms with E-state index in [4.69, 9.17) is 9.41 Å². The van der Waals surface area contributed by atoms with E-state index in [9.17, 15) is 5.11 Å². The second-order valence-corrected chi connectivity index (χ2v) is 14.3. The number of fused-ring (bicyclic) bond motifs is 1. The molecule has 0 amide bonds. The van der Waals surface area contributed by atoms with E-state index < -0.39 is 14.4 Å². The van der Waals surface area contributed by atoms with Gasteiger partial charge in [-0.1, -0.05) is 38.1 Å². The Labute approximate surface area is 180 Å². The molecule has 3 rings (SSSR count). The van der Waals surface area contributed by atoms with E-state index in [1.165, 1.54) is 0 Å². The Bertz CT molecular complexity index is 1050. The van der Waals surface area contributed by atoms with Gasteiger partial charge in [0.05, 0.1) is 23.5 Å². The van der Waals surface area contributed by atoms with Crippen LogP contribution in [0, 0.1) is 13.8 Å². The van der Waals surface area contributed by atoms with Crippen molar-refractivity contribution in [1.82, 2.24) is 20.0 Å². The summed E-state index contributed by atoms with van der Waals surface area (Å²) in [5.41, 5.74) is 6.11. The van der Waals surface area contributed by atoms with E-state index in [0.717, 1.165) is 40.0 Å². The summed E-state index contributed by atoms with van der Waals surface area (Å²) >= 11 is 0. The van der Waals surface area contributed by atoms with Crippen molar-refractivity contribution in [2.75, 3.05) is 0 Å². The number of pyridine rings is 1. The molecule has 30 heavy (non-hydrogen) atoms. The SMILES string of the molecule is CCn1nnc2c(C)c(C(O)c3ccc(C)c(CO[Si](C)(C)C(C)(C)C)n3)ccc21. The Balaban J connectivity index is 1.90. The van der Waals surface area contributed by atoms with Gasteiger partial charge < -0.3 is 9.53 Å². The maximum absolute atomic E-state index is 11.1. The zero-order valence-electron chi connectivity index (χ0n) is 19.4. The third-order valence-corrected chi connectivity index (χ3v) is 10.9. The summed E-state index contributed by atoms with van der Waals surface area (Å²) in [4.78, 5) is 4.78. The molecule has 0 radical (unpaired) electrons. The molecule has 2 heterocycles. The average molecular weight is 427 g/mol. The number of hydrogen-bond acceptors (Lipinski definition) is 5. The van der Waals surface area contributed by atoms with Crippen molar-refractivity contribution >= 4 is 19.4 Å². The van der Waals surface area contributed by atoms with Crippen molar-refractivity contribution in [2.24, 2.45) is 0 Å². The molecule has 3 aromatic rings. The standard InChI is InChI=1S/C23H34N4O2Si/c1-9-27-20-13-11-17(16(3)21(20)25-26-27)22(28)18-12-10-15(2)19(24-18)14-29-30(7,8)23(4,5)6/h10-13,22,28H,9,14H2,1-8H3. The van der Waals surface area contributed by atoms with Crippen molar-refractivity contribution in [3.05, 3.63) is 52.3 Å². The van der Waals surface area contributed by atoms with Crippen LogP contribution in [0.5, 0.6) is 0 Å². The van der Waals surface area contributed by atoms with Gasteiger partial charge in [-0.05, 0) is 67.7 Å². The molecule has 6 nitrogen and oxygen atoms in total. The van der Waals surface area contributed by atoms with Gasteiger partial charge in [0.2, 0.25) is 0 Å². The highest BCUT2D eigenvalue weighted by Crippen LogP contribution is 2.37. The van der Waals surface area contributed by atoms with Gasteiger partial charge in [0.15, 0.2) is 8.32 Å². The monoisotopic (exact) mass is 426 g/mol. The second kappa shape index (κ2) is 8.21. The van der Waals surface area contributed by atoms with Crippen LogP contribution in [-0.2, 0) is 17.6 Å². The predicted octanol–water partition coefficient (Wildman–Crippen LogP) is 5.07. The van der Waals surface area contributed by atoms with Crippen molar-refractivity contribution in [2.45, 2.75) is 78.9 Å². The van der Waals surface area contributed by atoms with E-state index >= 15 is 0 Å². The van der Waals surface area contributed by atoms with Crippen molar-refractivity contribution in [3.8, 4) is 0 Å². The molecule has 0 saturated heterocycles. The molecule has 162 valence electrons. The first-order chi connectivity index (χ1) is 14.0. The van der Waals surface area contributed by atoms with Crippen LogP contribution in [0.3, 0.4) is 0 Å².